The van der Waals surface area contributed by atoms with Crippen molar-refractivity contribution in [3.8, 4) is 0 Å². The Balaban J connectivity index is 2.53. The maximum absolute atomic E-state index is 10.3. The Morgan fingerprint density at radius 3 is 3.00 bits per heavy atom. The zero-order chi connectivity index (χ0) is 10.3. The van der Waals surface area contributed by atoms with Gasteiger partial charge in [-0.25, -0.2) is 0 Å². The van der Waals surface area contributed by atoms with E-state index in [0.717, 1.165) is 22.6 Å². The van der Waals surface area contributed by atoms with Gasteiger partial charge < -0.3 is 10.8 Å². The fourth-order valence-electron chi connectivity index (χ4n) is 2.23. The Labute approximate surface area is 88.7 Å². The van der Waals surface area contributed by atoms with Gasteiger partial charge in [0.2, 0.25) is 0 Å². The van der Waals surface area contributed by atoms with Crippen LogP contribution in [0.4, 0.5) is 0 Å². The van der Waals surface area contributed by atoms with Gasteiger partial charge >= 0.3 is 0 Å². The zero-order valence-electron chi connectivity index (χ0n) is 8.13. The molecule has 2 rings (SSSR count). The van der Waals surface area contributed by atoms with Crippen molar-refractivity contribution in [2.24, 2.45) is 11.7 Å². The van der Waals surface area contributed by atoms with Crippen LogP contribution in [-0.4, -0.2) is 11.7 Å². The van der Waals surface area contributed by atoms with Crippen molar-refractivity contribution in [1.29, 1.82) is 0 Å². The van der Waals surface area contributed by atoms with E-state index in [1.165, 1.54) is 0 Å². The number of aliphatic hydroxyl groups is 1. The van der Waals surface area contributed by atoms with Gasteiger partial charge in [-0.15, -0.1) is 0 Å². The van der Waals surface area contributed by atoms with Gasteiger partial charge in [0.25, 0.3) is 0 Å². The minimum absolute atomic E-state index is 0.168. The molecular formula is C11H14ClNO. The van der Waals surface area contributed by atoms with Gasteiger partial charge in [0, 0.05) is 11.6 Å². The Hall–Kier alpha value is -0.570. The molecule has 0 saturated carbocycles. The van der Waals surface area contributed by atoms with Crippen LogP contribution in [-0.2, 0) is 12.0 Å². The van der Waals surface area contributed by atoms with Gasteiger partial charge in [0.1, 0.15) is 5.60 Å². The number of benzene rings is 1. The minimum Gasteiger partial charge on any atom is -0.384 e. The third kappa shape index (κ3) is 1.26. The summed E-state index contributed by atoms with van der Waals surface area (Å²) >= 11 is 5.89. The summed E-state index contributed by atoms with van der Waals surface area (Å²) < 4.78 is 0. The molecule has 2 nitrogen and oxygen atoms in total. The van der Waals surface area contributed by atoms with E-state index in [4.69, 9.17) is 17.3 Å². The number of halogens is 1. The molecule has 0 heterocycles. The fraction of sp³-hybridized carbons (Fsp3) is 0.455. The SMILES string of the molecule is CC1Cc2cc(Cl)ccc2C1(O)CN. The van der Waals surface area contributed by atoms with Crippen LogP contribution >= 0.6 is 11.6 Å². The van der Waals surface area contributed by atoms with Crippen molar-refractivity contribution < 1.29 is 5.11 Å². The summed E-state index contributed by atoms with van der Waals surface area (Å²) in [4.78, 5) is 0. The van der Waals surface area contributed by atoms with Gasteiger partial charge in [-0.2, -0.15) is 0 Å². The van der Waals surface area contributed by atoms with E-state index >= 15 is 0 Å². The second-order valence-electron chi connectivity index (χ2n) is 4.04. The normalized spacial score (nSPS) is 30.4. The molecule has 3 N–H and O–H groups in total. The molecule has 0 saturated heterocycles. The number of hydrogen-bond donors (Lipinski definition) is 2. The van der Waals surface area contributed by atoms with E-state index in [-0.39, 0.29) is 12.5 Å². The van der Waals surface area contributed by atoms with E-state index in [0.29, 0.717) is 0 Å². The number of nitrogens with two attached hydrogens (primary N) is 1. The molecule has 0 spiro atoms. The molecule has 2 unspecified atom stereocenters. The van der Waals surface area contributed by atoms with Crippen molar-refractivity contribution >= 4 is 11.6 Å². The van der Waals surface area contributed by atoms with Crippen molar-refractivity contribution in [3.63, 3.8) is 0 Å². The summed E-state index contributed by atoms with van der Waals surface area (Å²) in [5.41, 5.74) is 6.83. The average Bonchev–Trinajstić information content (AvgIpc) is 2.39. The quantitative estimate of drug-likeness (QED) is 0.743. The maximum Gasteiger partial charge on any atom is 0.105 e. The van der Waals surface area contributed by atoms with Crippen molar-refractivity contribution in [2.75, 3.05) is 6.54 Å². The van der Waals surface area contributed by atoms with Gasteiger partial charge in [0.15, 0.2) is 0 Å². The van der Waals surface area contributed by atoms with Crippen LogP contribution < -0.4 is 5.73 Å². The Bertz CT molecular complexity index is 366. The van der Waals surface area contributed by atoms with Crippen LogP contribution in [0.25, 0.3) is 0 Å². The second kappa shape index (κ2) is 3.23. The highest BCUT2D eigenvalue weighted by molar-refractivity contribution is 6.30. The monoisotopic (exact) mass is 211 g/mol. The van der Waals surface area contributed by atoms with Crippen LogP contribution in [0.2, 0.25) is 5.02 Å². The van der Waals surface area contributed by atoms with Crippen molar-refractivity contribution in [1.82, 2.24) is 0 Å². The number of fused-ring (bicyclic) bond motifs is 1. The topological polar surface area (TPSA) is 46.2 Å². The molecule has 0 fully saturated rings. The third-order valence-corrected chi connectivity index (χ3v) is 3.42. The third-order valence-electron chi connectivity index (χ3n) is 3.19. The first kappa shape index (κ1) is 9.97. The molecule has 0 aliphatic heterocycles. The van der Waals surface area contributed by atoms with Crippen LogP contribution in [0.3, 0.4) is 0 Å². The molecule has 0 radical (unpaired) electrons. The maximum atomic E-state index is 10.3. The molecule has 3 heteroatoms. The summed E-state index contributed by atoms with van der Waals surface area (Å²) in [7, 11) is 0. The first-order valence-electron chi connectivity index (χ1n) is 4.79. The highest BCUT2D eigenvalue weighted by atomic mass is 35.5. The highest BCUT2D eigenvalue weighted by Crippen LogP contribution is 2.41. The molecular weight excluding hydrogens is 198 g/mol. The lowest BCUT2D eigenvalue weighted by Crippen LogP contribution is -2.38. The average molecular weight is 212 g/mol. The van der Waals surface area contributed by atoms with Crippen LogP contribution in [0, 0.1) is 5.92 Å². The van der Waals surface area contributed by atoms with E-state index in [9.17, 15) is 5.11 Å². The van der Waals surface area contributed by atoms with Crippen molar-refractivity contribution in [3.05, 3.63) is 34.3 Å². The number of rotatable bonds is 1. The predicted octanol–water partition coefficient (Wildman–Crippen LogP) is 1.68. The fourth-order valence-corrected chi connectivity index (χ4v) is 2.42. The van der Waals surface area contributed by atoms with Gasteiger partial charge in [0.05, 0.1) is 0 Å². The standard InChI is InChI=1S/C11H14ClNO/c1-7-4-8-5-9(12)2-3-10(8)11(7,14)6-13/h2-3,5,7,14H,4,6,13H2,1H3. The molecule has 1 aliphatic carbocycles. The Kier molecular flexibility index (Phi) is 2.30. The highest BCUT2D eigenvalue weighted by Gasteiger charge is 2.41. The summed E-state index contributed by atoms with van der Waals surface area (Å²) in [5.74, 6) is 0.168. The van der Waals surface area contributed by atoms with Crippen LogP contribution in [0.15, 0.2) is 18.2 Å². The molecule has 2 atom stereocenters. The van der Waals surface area contributed by atoms with E-state index in [1.807, 2.05) is 19.1 Å². The van der Waals surface area contributed by atoms with Crippen LogP contribution in [0.5, 0.6) is 0 Å². The lowest BCUT2D eigenvalue weighted by Gasteiger charge is -2.27. The van der Waals surface area contributed by atoms with Gasteiger partial charge in [-0.05, 0) is 35.6 Å². The molecule has 76 valence electrons. The largest absolute Gasteiger partial charge is 0.384 e. The first-order chi connectivity index (χ1) is 6.58. The summed E-state index contributed by atoms with van der Waals surface area (Å²) in [6, 6.07) is 5.61. The zero-order valence-corrected chi connectivity index (χ0v) is 8.88. The summed E-state index contributed by atoms with van der Waals surface area (Å²) in [6.45, 7) is 2.28. The van der Waals surface area contributed by atoms with Gasteiger partial charge in [-0.3, -0.25) is 0 Å². The molecule has 0 bridgehead atoms. The molecule has 1 aromatic rings. The van der Waals surface area contributed by atoms with Crippen LogP contribution in [0.1, 0.15) is 18.1 Å². The molecule has 14 heavy (non-hydrogen) atoms. The smallest absolute Gasteiger partial charge is 0.105 e. The van der Waals surface area contributed by atoms with E-state index in [2.05, 4.69) is 0 Å². The Morgan fingerprint density at radius 1 is 1.64 bits per heavy atom. The van der Waals surface area contributed by atoms with E-state index < -0.39 is 5.60 Å². The predicted molar refractivity (Wildman–Crippen MR) is 57.3 cm³/mol. The Morgan fingerprint density at radius 2 is 2.36 bits per heavy atom. The number of hydrogen-bond acceptors (Lipinski definition) is 2. The lowest BCUT2D eigenvalue weighted by atomic mass is 9.89. The summed E-state index contributed by atoms with van der Waals surface area (Å²) in [5, 5.41) is 11.1. The van der Waals surface area contributed by atoms with E-state index in [1.54, 1.807) is 6.07 Å². The summed E-state index contributed by atoms with van der Waals surface area (Å²) in [6.07, 6.45) is 0.851. The second-order valence-corrected chi connectivity index (χ2v) is 4.47. The molecule has 0 amide bonds. The molecule has 0 aromatic heterocycles. The molecule has 1 aliphatic rings. The molecule has 1 aromatic carbocycles. The lowest BCUT2D eigenvalue weighted by molar-refractivity contribution is 0.00498. The van der Waals surface area contributed by atoms with Crippen molar-refractivity contribution in [2.45, 2.75) is 18.9 Å². The minimum atomic E-state index is -0.861. The first-order valence-corrected chi connectivity index (χ1v) is 5.17. The van der Waals surface area contributed by atoms with Gasteiger partial charge in [-0.1, -0.05) is 24.6 Å².